The summed E-state index contributed by atoms with van der Waals surface area (Å²) < 4.78 is 28.4. The quantitative estimate of drug-likeness (QED) is 0.783. The van der Waals surface area contributed by atoms with Gasteiger partial charge < -0.3 is 5.11 Å². The molecule has 1 aromatic carbocycles. The first-order valence-electron chi connectivity index (χ1n) is 7.06. The highest BCUT2D eigenvalue weighted by molar-refractivity contribution is 7.89. The molecule has 0 aliphatic carbocycles. The molecule has 8 heteroatoms. The lowest BCUT2D eigenvalue weighted by Gasteiger charge is -2.13. The number of nitrogens with one attached hydrogen (secondary N) is 1. The third-order valence-corrected chi connectivity index (χ3v) is 4.98. The van der Waals surface area contributed by atoms with Crippen LogP contribution in [-0.4, -0.2) is 35.8 Å². The van der Waals surface area contributed by atoms with Crippen LogP contribution in [0.1, 0.15) is 11.3 Å². The third-order valence-electron chi connectivity index (χ3n) is 3.45. The van der Waals surface area contributed by atoms with E-state index in [1.165, 1.54) is 10.9 Å². The topological polar surface area (TPSA) is 101 Å². The maximum absolute atomic E-state index is 12.3. The van der Waals surface area contributed by atoms with Gasteiger partial charge in [0.15, 0.2) is 0 Å². The number of benzene rings is 1. The Hall–Kier alpha value is -2.19. The van der Waals surface area contributed by atoms with Crippen molar-refractivity contribution in [2.75, 3.05) is 6.54 Å². The lowest BCUT2D eigenvalue weighted by Crippen LogP contribution is -2.34. The number of sulfonamides is 1. The molecule has 0 aliphatic rings. The predicted molar refractivity (Wildman–Crippen MR) is 84.4 cm³/mol. The number of aromatic nitrogens is 2. The molecule has 0 radical (unpaired) electrons. The summed E-state index contributed by atoms with van der Waals surface area (Å²) in [5.41, 5.74) is 1.21. The van der Waals surface area contributed by atoms with Crippen LogP contribution in [0.3, 0.4) is 0 Å². The van der Waals surface area contributed by atoms with Crippen molar-refractivity contribution in [3.05, 3.63) is 47.8 Å². The number of aliphatic carboxylic acids is 1. The number of hydrogen-bond donors (Lipinski definition) is 2. The first kappa shape index (κ1) is 17.2. The average Bonchev–Trinajstić information content (AvgIpc) is 2.84. The van der Waals surface area contributed by atoms with Crippen molar-refractivity contribution in [1.82, 2.24) is 14.5 Å². The monoisotopic (exact) mass is 337 g/mol. The number of rotatable bonds is 7. The molecule has 1 atom stereocenters. The van der Waals surface area contributed by atoms with Crippen LogP contribution in [0.4, 0.5) is 0 Å². The molecule has 0 saturated carbocycles. The molecule has 2 N–H and O–H groups in total. The van der Waals surface area contributed by atoms with E-state index in [1.54, 1.807) is 14.0 Å². The van der Waals surface area contributed by atoms with Crippen LogP contribution >= 0.6 is 0 Å². The minimum atomic E-state index is -3.79. The number of carbonyl (C=O) groups is 1. The van der Waals surface area contributed by atoms with E-state index >= 15 is 0 Å². The fraction of sp³-hybridized carbons (Fsp3) is 0.333. The van der Waals surface area contributed by atoms with Crippen molar-refractivity contribution in [3.63, 3.8) is 0 Å². The summed E-state index contributed by atoms with van der Waals surface area (Å²) >= 11 is 0. The summed E-state index contributed by atoms with van der Waals surface area (Å²) in [6.07, 6.45) is 1.65. The average molecular weight is 337 g/mol. The molecule has 0 fully saturated rings. The molecule has 1 unspecified atom stereocenters. The van der Waals surface area contributed by atoms with E-state index in [4.69, 9.17) is 0 Å². The zero-order chi connectivity index (χ0) is 17.0. The first-order valence-corrected chi connectivity index (χ1v) is 8.54. The summed E-state index contributed by atoms with van der Waals surface area (Å²) in [7, 11) is -2.16. The number of nitrogens with zero attached hydrogens (tertiary/aromatic N) is 2. The van der Waals surface area contributed by atoms with E-state index in [9.17, 15) is 18.3 Å². The molecular weight excluding hydrogens is 318 g/mol. The first-order chi connectivity index (χ1) is 10.8. The number of carboxylic acids is 1. The van der Waals surface area contributed by atoms with Gasteiger partial charge >= 0.3 is 5.97 Å². The molecule has 2 rings (SSSR count). The normalized spacial score (nSPS) is 13.0. The van der Waals surface area contributed by atoms with Gasteiger partial charge in [0.25, 0.3) is 0 Å². The number of aryl methyl sites for hydroxylation is 2. The van der Waals surface area contributed by atoms with Gasteiger partial charge in [-0.1, -0.05) is 30.3 Å². The number of hydrogen-bond acceptors (Lipinski definition) is 4. The molecule has 0 spiro atoms. The Morgan fingerprint density at radius 1 is 1.35 bits per heavy atom. The smallest absolute Gasteiger partial charge is 0.308 e. The van der Waals surface area contributed by atoms with Gasteiger partial charge in [0.1, 0.15) is 4.90 Å². The van der Waals surface area contributed by atoms with Crippen LogP contribution in [0.2, 0.25) is 0 Å². The maximum atomic E-state index is 12.3. The lowest BCUT2D eigenvalue weighted by molar-refractivity contribution is -0.141. The second kappa shape index (κ2) is 6.93. The lowest BCUT2D eigenvalue weighted by atomic mass is 10.00. The number of carboxylic acid groups (broad SMARTS) is 1. The Balaban J connectivity index is 2.09. The van der Waals surface area contributed by atoms with Crippen LogP contribution in [0.15, 0.2) is 41.4 Å². The van der Waals surface area contributed by atoms with E-state index < -0.39 is 21.9 Å². The molecule has 124 valence electrons. The fourth-order valence-corrected chi connectivity index (χ4v) is 3.57. The predicted octanol–water partition coefficient (Wildman–Crippen LogP) is 0.950. The molecule has 1 aromatic heterocycles. The molecular formula is C15H19N3O4S. The van der Waals surface area contributed by atoms with Gasteiger partial charge in [-0.05, 0) is 18.9 Å². The summed E-state index contributed by atoms with van der Waals surface area (Å²) in [4.78, 5) is 11.4. The highest BCUT2D eigenvalue weighted by Gasteiger charge is 2.24. The maximum Gasteiger partial charge on any atom is 0.308 e. The van der Waals surface area contributed by atoms with Crippen molar-refractivity contribution in [1.29, 1.82) is 0 Å². The van der Waals surface area contributed by atoms with Crippen LogP contribution in [0.25, 0.3) is 0 Å². The second-order valence-corrected chi connectivity index (χ2v) is 7.06. The van der Waals surface area contributed by atoms with Crippen LogP contribution in [0, 0.1) is 12.8 Å². The largest absolute Gasteiger partial charge is 0.481 e. The second-order valence-electron chi connectivity index (χ2n) is 5.33. The van der Waals surface area contributed by atoms with Gasteiger partial charge in [-0.25, -0.2) is 13.1 Å². The van der Waals surface area contributed by atoms with E-state index in [-0.39, 0.29) is 17.9 Å². The summed E-state index contributed by atoms with van der Waals surface area (Å²) in [6.45, 7) is 1.41. The minimum Gasteiger partial charge on any atom is -0.481 e. The van der Waals surface area contributed by atoms with Crippen molar-refractivity contribution in [3.8, 4) is 0 Å². The minimum absolute atomic E-state index is 0.0591. The summed E-state index contributed by atoms with van der Waals surface area (Å²) in [5, 5.41) is 13.3. The molecule has 7 nitrogen and oxygen atoms in total. The zero-order valence-corrected chi connectivity index (χ0v) is 13.7. The molecule has 0 bridgehead atoms. The molecule has 0 amide bonds. The highest BCUT2D eigenvalue weighted by Crippen LogP contribution is 2.14. The zero-order valence-electron chi connectivity index (χ0n) is 12.9. The van der Waals surface area contributed by atoms with E-state index in [2.05, 4.69) is 9.82 Å². The van der Waals surface area contributed by atoms with Gasteiger partial charge in [-0.15, -0.1) is 0 Å². The van der Waals surface area contributed by atoms with E-state index in [0.717, 1.165) is 5.56 Å². The Morgan fingerprint density at radius 3 is 2.52 bits per heavy atom. The van der Waals surface area contributed by atoms with Crippen molar-refractivity contribution in [2.45, 2.75) is 18.2 Å². The van der Waals surface area contributed by atoms with Crippen LogP contribution in [0.5, 0.6) is 0 Å². The molecule has 0 aliphatic heterocycles. The molecule has 23 heavy (non-hydrogen) atoms. The van der Waals surface area contributed by atoms with Crippen molar-refractivity contribution in [2.24, 2.45) is 13.0 Å². The van der Waals surface area contributed by atoms with Gasteiger partial charge in [0, 0.05) is 19.8 Å². The van der Waals surface area contributed by atoms with E-state index in [1.807, 2.05) is 30.3 Å². The Morgan fingerprint density at radius 2 is 2.00 bits per heavy atom. The van der Waals surface area contributed by atoms with Gasteiger partial charge in [-0.2, -0.15) is 5.10 Å². The molecule has 2 aromatic rings. The molecule has 0 saturated heterocycles. The van der Waals surface area contributed by atoms with Crippen molar-refractivity contribution >= 4 is 16.0 Å². The fourth-order valence-electron chi connectivity index (χ4n) is 2.28. The molecule has 1 heterocycles. The Bertz CT molecular complexity index is 784. The SMILES string of the molecule is Cc1nn(C)cc1S(=O)(=O)NCC(Cc1ccccc1)C(=O)O. The highest BCUT2D eigenvalue weighted by atomic mass is 32.2. The van der Waals surface area contributed by atoms with Crippen LogP contribution in [-0.2, 0) is 28.3 Å². The Kier molecular flexibility index (Phi) is 5.17. The summed E-state index contributed by atoms with van der Waals surface area (Å²) in [5.74, 6) is -1.89. The van der Waals surface area contributed by atoms with Crippen molar-refractivity contribution < 1.29 is 18.3 Å². The van der Waals surface area contributed by atoms with Gasteiger partial charge in [0.05, 0.1) is 11.6 Å². The standard InChI is InChI=1S/C15H19N3O4S/c1-11-14(10-18(2)17-11)23(21,22)16-9-13(15(19)20)8-12-6-4-3-5-7-12/h3-7,10,13,16H,8-9H2,1-2H3,(H,19,20). The Labute approximate surface area is 135 Å². The van der Waals surface area contributed by atoms with E-state index in [0.29, 0.717) is 5.69 Å². The van der Waals surface area contributed by atoms with Gasteiger partial charge in [-0.3, -0.25) is 9.48 Å². The van der Waals surface area contributed by atoms with Crippen LogP contribution < -0.4 is 4.72 Å². The van der Waals surface area contributed by atoms with Gasteiger partial charge in [0.2, 0.25) is 10.0 Å². The summed E-state index contributed by atoms with van der Waals surface area (Å²) in [6, 6.07) is 9.10. The third kappa shape index (κ3) is 4.40.